The molecule has 0 saturated carbocycles. The largest absolute Gasteiger partial charge is 0.465 e. The Labute approximate surface area is 249 Å². The highest BCUT2D eigenvalue weighted by atomic mass is 127. The van der Waals surface area contributed by atoms with Crippen LogP contribution in [0.15, 0.2) is 24.3 Å². The molecule has 0 aliphatic rings. The molecule has 0 aromatic heterocycles. The number of methoxy groups -OCH3 is 1. The Balaban J connectivity index is 3.15. The molecule has 0 saturated heterocycles. The van der Waals surface area contributed by atoms with Crippen molar-refractivity contribution in [1.82, 2.24) is 26.8 Å². The van der Waals surface area contributed by atoms with Crippen molar-refractivity contribution in [1.29, 1.82) is 0 Å². The van der Waals surface area contributed by atoms with E-state index in [1.807, 2.05) is 0 Å². The lowest BCUT2D eigenvalue weighted by Crippen LogP contribution is -2.62. The molecule has 1 aromatic rings. The number of aliphatic hydroxyl groups is 1. The van der Waals surface area contributed by atoms with Crippen LogP contribution in [0.25, 0.3) is 0 Å². The number of amides is 4. The highest BCUT2D eigenvalue weighted by Crippen LogP contribution is 2.40. The number of carboxylic acid groups (broad SMARTS) is 1. The van der Waals surface area contributed by atoms with Crippen LogP contribution in [0.1, 0.15) is 40.2 Å². The molecular formula is C25H37F3IN5O7. The maximum Gasteiger partial charge on any atom is 0.407 e. The minimum atomic E-state index is -4.95. The first-order valence-corrected chi connectivity index (χ1v) is 13.4. The van der Waals surface area contributed by atoms with Crippen molar-refractivity contribution < 1.29 is 47.3 Å². The topological polar surface area (TPSA) is 178 Å². The summed E-state index contributed by atoms with van der Waals surface area (Å²) >= 11 is 2.07. The molecule has 0 aliphatic carbocycles. The van der Waals surface area contributed by atoms with Gasteiger partial charge in [0, 0.05) is 10.1 Å². The zero-order chi connectivity index (χ0) is 31.8. The molecule has 0 radical (unpaired) electrons. The van der Waals surface area contributed by atoms with Gasteiger partial charge in [0.05, 0.1) is 24.7 Å². The number of ether oxygens (including phenoxy) is 1. The summed E-state index contributed by atoms with van der Waals surface area (Å²) in [5, 5.41) is 26.4. The van der Waals surface area contributed by atoms with Crippen LogP contribution in [-0.4, -0.2) is 78.3 Å². The second-order valence-electron chi connectivity index (χ2n) is 10.9. The van der Waals surface area contributed by atoms with Gasteiger partial charge in [0.1, 0.15) is 12.1 Å². The molecule has 1 rings (SSSR count). The summed E-state index contributed by atoms with van der Waals surface area (Å²) < 4.78 is 46.6. The van der Waals surface area contributed by atoms with E-state index in [2.05, 4.69) is 48.8 Å². The van der Waals surface area contributed by atoms with Crippen molar-refractivity contribution in [3.63, 3.8) is 0 Å². The normalized spacial score (nSPS) is 15.1. The quantitative estimate of drug-likeness (QED) is 0.128. The van der Waals surface area contributed by atoms with Crippen molar-refractivity contribution in [3.05, 3.63) is 33.4 Å². The van der Waals surface area contributed by atoms with Gasteiger partial charge >= 0.3 is 18.4 Å². The Bertz CT molecular complexity index is 1070. The number of carbonyl (C=O) groups is 4. The third kappa shape index (κ3) is 11.1. The number of hydrogen-bond acceptors (Lipinski definition) is 7. The van der Waals surface area contributed by atoms with Gasteiger partial charge in [-0.1, -0.05) is 32.9 Å². The molecule has 41 heavy (non-hydrogen) atoms. The number of hydrazine groups is 1. The van der Waals surface area contributed by atoms with Crippen molar-refractivity contribution in [2.24, 2.45) is 10.8 Å². The Kier molecular flexibility index (Phi) is 13.1. The Hall–Kier alpha value is -2.86. The zero-order valence-electron chi connectivity index (χ0n) is 23.5. The number of carbonyl (C=O) groups excluding carboxylic acids is 3. The lowest BCUT2D eigenvalue weighted by atomic mass is 9.82. The van der Waals surface area contributed by atoms with Crippen molar-refractivity contribution >= 4 is 46.6 Å². The number of halogens is 4. The van der Waals surface area contributed by atoms with E-state index in [0.717, 1.165) is 10.7 Å². The SMILES string of the molecule is COC(=O)N[C@H](C(=O)NNC[C@H](O)[C@H](Cc1ccc(I)cc1)NC(=O)[C@@H](NC(=O)O)C(C)(C)C(F)(F)F)C(C)(C)C. The monoisotopic (exact) mass is 703 g/mol. The molecule has 0 fully saturated rings. The zero-order valence-corrected chi connectivity index (χ0v) is 25.6. The summed E-state index contributed by atoms with van der Waals surface area (Å²) in [6, 6.07) is 2.40. The molecule has 7 N–H and O–H groups in total. The molecule has 4 amide bonds. The van der Waals surface area contributed by atoms with Crippen molar-refractivity contribution in [3.8, 4) is 0 Å². The molecule has 16 heteroatoms. The summed E-state index contributed by atoms with van der Waals surface area (Å²) in [7, 11) is 1.13. The van der Waals surface area contributed by atoms with Crippen LogP contribution in [0.2, 0.25) is 0 Å². The van der Waals surface area contributed by atoms with Crippen LogP contribution in [0.5, 0.6) is 0 Å². The summed E-state index contributed by atoms with van der Waals surface area (Å²) in [6.07, 6.45) is -9.14. The first kappa shape index (κ1) is 36.2. The van der Waals surface area contributed by atoms with E-state index in [4.69, 9.17) is 5.11 Å². The predicted octanol–water partition coefficient (Wildman–Crippen LogP) is 2.30. The Morgan fingerprint density at radius 1 is 0.927 bits per heavy atom. The summed E-state index contributed by atoms with van der Waals surface area (Å²) in [4.78, 5) is 48.7. The highest BCUT2D eigenvalue weighted by molar-refractivity contribution is 14.1. The third-order valence-corrected chi connectivity index (χ3v) is 6.96. The number of alkyl carbamates (subject to hydrolysis) is 1. The van der Waals surface area contributed by atoms with Crippen LogP contribution in [0.4, 0.5) is 22.8 Å². The lowest BCUT2D eigenvalue weighted by Gasteiger charge is -2.36. The molecule has 0 spiro atoms. The van der Waals surface area contributed by atoms with Crippen LogP contribution in [0, 0.1) is 14.4 Å². The van der Waals surface area contributed by atoms with E-state index in [-0.39, 0.29) is 13.0 Å². The molecule has 1 aromatic carbocycles. The maximum atomic E-state index is 13.7. The summed E-state index contributed by atoms with van der Waals surface area (Å²) in [5.41, 5.74) is 1.94. The van der Waals surface area contributed by atoms with Crippen LogP contribution >= 0.6 is 22.6 Å². The van der Waals surface area contributed by atoms with Gasteiger partial charge in [-0.05, 0) is 66.0 Å². The van der Waals surface area contributed by atoms with Crippen molar-refractivity contribution in [2.75, 3.05) is 13.7 Å². The first-order valence-electron chi connectivity index (χ1n) is 12.4. The number of rotatable bonds is 12. The maximum absolute atomic E-state index is 13.7. The minimum absolute atomic E-state index is 0.0415. The van der Waals surface area contributed by atoms with E-state index in [1.54, 1.807) is 50.4 Å². The number of benzene rings is 1. The minimum Gasteiger partial charge on any atom is -0.465 e. The molecular weight excluding hydrogens is 666 g/mol. The fourth-order valence-electron chi connectivity index (χ4n) is 3.59. The van der Waals surface area contributed by atoms with E-state index < -0.39 is 65.2 Å². The average molecular weight is 703 g/mol. The standard InChI is InChI=1S/C25H37F3IN5O7/c1-23(2,3)17(33-22(40)41-6)20(37)34-30-12-16(35)15(11-13-7-9-14(29)10-8-13)31-19(36)18(32-21(38)39)24(4,5)25(26,27)28/h7-10,15-18,30,32,35H,11-12H2,1-6H3,(H,31,36)(H,33,40)(H,34,37)(H,38,39)/t15-,16-,17+,18+/m0/s1. The van der Waals surface area contributed by atoms with Gasteiger partial charge < -0.3 is 30.9 Å². The van der Waals surface area contributed by atoms with Gasteiger partial charge in [-0.2, -0.15) is 13.2 Å². The van der Waals surface area contributed by atoms with E-state index >= 15 is 0 Å². The second-order valence-corrected chi connectivity index (χ2v) is 12.2. The van der Waals surface area contributed by atoms with Crippen LogP contribution < -0.4 is 26.8 Å². The third-order valence-electron chi connectivity index (χ3n) is 6.24. The Morgan fingerprint density at radius 2 is 1.49 bits per heavy atom. The average Bonchev–Trinajstić information content (AvgIpc) is 2.84. The molecule has 0 bridgehead atoms. The number of nitrogens with one attached hydrogen (secondary N) is 5. The van der Waals surface area contributed by atoms with Crippen molar-refractivity contribution in [2.45, 2.75) is 71.4 Å². The molecule has 12 nitrogen and oxygen atoms in total. The summed E-state index contributed by atoms with van der Waals surface area (Å²) in [5.74, 6) is -1.98. The van der Waals surface area contributed by atoms with Gasteiger partial charge in [-0.3, -0.25) is 15.0 Å². The van der Waals surface area contributed by atoms with E-state index in [9.17, 15) is 37.5 Å². The molecule has 0 heterocycles. The van der Waals surface area contributed by atoms with Gasteiger partial charge in [0.2, 0.25) is 5.91 Å². The molecule has 232 valence electrons. The number of hydrogen-bond donors (Lipinski definition) is 7. The van der Waals surface area contributed by atoms with E-state index in [0.29, 0.717) is 19.4 Å². The molecule has 0 aliphatic heterocycles. The van der Waals surface area contributed by atoms with Crippen LogP contribution in [-0.2, 0) is 20.7 Å². The van der Waals surface area contributed by atoms with Crippen LogP contribution in [0.3, 0.4) is 0 Å². The fourth-order valence-corrected chi connectivity index (χ4v) is 3.95. The number of alkyl halides is 3. The first-order chi connectivity index (χ1) is 18.7. The lowest BCUT2D eigenvalue weighted by molar-refractivity contribution is -0.220. The smallest absolute Gasteiger partial charge is 0.407 e. The van der Waals surface area contributed by atoms with E-state index in [1.165, 1.54) is 0 Å². The number of aliphatic hydroxyl groups excluding tert-OH is 1. The predicted molar refractivity (Wildman–Crippen MR) is 151 cm³/mol. The highest BCUT2D eigenvalue weighted by Gasteiger charge is 2.55. The van der Waals surface area contributed by atoms with Gasteiger partial charge in [0.15, 0.2) is 0 Å². The molecule has 4 atom stereocenters. The van der Waals surface area contributed by atoms with Gasteiger partial charge in [-0.25, -0.2) is 15.0 Å². The molecule has 0 unspecified atom stereocenters. The second kappa shape index (κ2) is 14.9. The Morgan fingerprint density at radius 3 is 1.95 bits per heavy atom. The summed E-state index contributed by atoms with van der Waals surface area (Å²) in [6.45, 7) is 6.07. The van der Waals surface area contributed by atoms with Gasteiger partial charge in [0.25, 0.3) is 5.91 Å². The van der Waals surface area contributed by atoms with Gasteiger partial charge in [-0.15, -0.1) is 0 Å². The fraction of sp³-hybridized carbons (Fsp3) is 0.600.